The molecule has 3 N–H and O–H groups in total. The summed E-state index contributed by atoms with van der Waals surface area (Å²) >= 11 is 0. The van der Waals surface area contributed by atoms with E-state index in [0.717, 1.165) is 0 Å². The fourth-order valence-electron chi connectivity index (χ4n) is 0.532. The van der Waals surface area contributed by atoms with Gasteiger partial charge in [0.15, 0.2) is 11.7 Å². The fourth-order valence-corrected chi connectivity index (χ4v) is 0.532. The molecule has 5 nitrogen and oxygen atoms in total. The Morgan fingerprint density at radius 2 is 2.60 bits per heavy atom. The van der Waals surface area contributed by atoms with Crippen LogP contribution in [0.2, 0.25) is 0 Å². The number of hydrogen-bond donors (Lipinski definition) is 2. The summed E-state index contributed by atoms with van der Waals surface area (Å²) in [6, 6.07) is 0. The van der Waals surface area contributed by atoms with E-state index in [9.17, 15) is 0 Å². The summed E-state index contributed by atoms with van der Waals surface area (Å²) in [5.74, 6) is 0.443. The van der Waals surface area contributed by atoms with Crippen LogP contribution in [0.4, 0.5) is 0 Å². The zero-order chi connectivity index (χ0) is 7.56. The summed E-state index contributed by atoms with van der Waals surface area (Å²) in [7, 11) is 0. The Kier molecular flexibility index (Phi) is 1.57. The average Bonchev–Trinajstić information content (AvgIpc) is 2.34. The second kappa shape index (κ2) is 2.38. The molecule has 0 saturated heterocycles. The van der Waals surface area contributed by atoms with E-state index in [2.05, 4.69) is 10.1 Å². The highest BCUT2D eigenvalue weighted by atomic mass is 16.4. The molecule has 0 radical (unpaired) electrons. The van der Waals surface area contributed by atoms with Crippen LogP contribution in [-0.4, -0.2) is 16.0 Å². The highest BCUT2D eigenvalue weighted by molar-refractivity contribution is 5.94. The third kappa shape index (κ3) is 1.07. The van der Waals surface area contributed by atoms with Crippen molar-refractivity contribution < 1.29 is 9.62 Å². The van der Waals surface area contributed by atoms with Gasteiger partial charge < -0.3 is 15.4 Å². The molecule has 5 heteroatoms. The highest BCUT2D eigenvalue weighted by Crippen LogP contribution is 1.98. The Hall–Kier alpha value is -1.52. The minimum absolute atomic E-state index is 0.0446. The zero-order valence-corrected chi connectivity index (χ0v) is 5.40. The number of nitrogens with two attached hydrogens (primary N) is 1. The number of oxazole rings is 1. The van der Waals surface area contributed by atoms with Crippen LogP contribution in [0.25, 0.3) is 0 Å². The first kappa shape index (κ1) is 6.60. The van der Waals surface area contributed by atoms with Crippen molar-refractivity contribution in [2.45, 2.75) is 6.92 Å². The molecule has 1 aromatic heterocycles. The van der Waals surface area contributed by atoms with Gasteiger partial charge in [-0.2, -0.15) is 0 Å². The van der Waals surface area contributed by atoms with Gasteiger partial charge in [-0.05, 0) is 0 Å². The molecule has 1 heterocycles. The van der Waals surface area contributed by atoms with Crippen LogP contribution in [0.5, 0.6) is 0 Å². The standard InChI is InChI=1S/C5H7N3O2/c1-3-7-4(2-10-3)5(6)8-9/h2,9H,1H3,(H2,6,8). The van der Waals surface area contributed by atoms with E-state index in [4.69, 9.17) is 15.4 Å². The molecule has 54 valence electrons. The molecule has 1 aromatic rings. The maximum Gasteiger partial charge on any atom is 0.192 e. The smallest absolute Gasteiger partial charge is 0.192 e. The highest BCUT2D eigenvalue weighted by Gasteiger charge is 2.02. The second-order valence-corrected chi connectivity index (χ2v) is 1.74. The van der Waals surface area contributed by atoms with Gasteiger partial charge in [0, 0.05) is 6.92 Å². The number of hydrogen-bond acceptors (Lipinski definition) is 4. The molecule has 0 saturated carbocycles. The van der Waals surface area contributed by atoms with E-state index in [1.54, 1.807) is 6.92 Å². The van der Waals surface area contributed by atoms with Gasteiger partial charge in [-0.25, -0.2) is 4.98 Å². The second-order valence-electron chi connectivity index (χ2n) is 1.74. The SMILES string of the molecule is Cc1nc(/C(N)=N/O)co1. The molecule has 0 atom stereocenters. The minimum Gasteiger partial charge on any atom is -0.449 e. The summed E-state index contributed by atoms with van der Waals surface area (Å²) < 4.78 is 4.80. The van der Waals surface area contributed by atoms with Crippen molar-refractivity contribution >= 4 is 5.84 Å². The number of oxime groups is 1. The van der Waals surface area contributed by atoms with Crippen molar-refractivity contribution in [3.05, 3.63) is 17.8 Å². The lowest BCUT2D eigenvalue weighted by Gasteiger charge is -1.85. The van der Waals surface area contributed by atoms with Gasteiger partial charge in [0.1, 0.15) is 12.0 Å². The molecule has 0 unspecified atom stereocenters. The van der Waals surface area contributed by atoms with Gasteiger partial charge in [-0.15, -0.1) is 0 Å². The quantitative estimate of drug-likeness (QED) is 0.251. The van der Waals surface area contributed by atoms with Gasteiger partial charge in [0.25, 0.3) is 0 Å². The summed E-state index contributed by atoms with van der Waals surface area (Å²) in [6.07, 6.45) is 1.32. The van der Waals surface area contributed by atoms with Crippen molar-refractivity contribution in [2.75, 3.05) is 0 Å². The normalized spacial score (nSPS) is 11.9. The lowest BCUT2D eigenvalue weighted by Crippen LogP contribution is -2.13. The first-order valence-corrected chi connectivity index (χ1v) is 2.64. The van der Waals surface area contributed by atoms with Crippen LogP contribution < -0.4 is 5.73 Å². The number of amidine groups is 1. The van der Waals surface area contributed by atoms with E-state index in [1.165, 1.54) is 6.26 Å². The first-order valence-electron chi connectivity index (χ1n) is 2.64. The maximum absolute atomic E-state index is 8.18. The Labute approximate surface area is 57.2 Å². The molecule has 0 fully saturated rings. The maximum atomic E-state index is 8.18. The van der Waals surface area contributed by atoms with Gasteiger partial charge in [-0.3, -0.25) is 0 Å². The lowest BCUT2D eigenvalue weighted by atomic mass is 10.5. The van der Waals surface area contributed by atoms with E-state index in [1.807, 2.05) is 0 Å². The molecular formula is C5H7N3O2. The molecule has 10 heavy (non-hydrogen) atoms. The summed E-state index contributed by atoms with van der Waals surface area (Å²) in [4.78, 5) is 3.80. The van der Waals surface area contributed by atoms with Crippen LogP contribution >= 0.6 is 0 Å². The summed E-state index contributed by atoms with van der Waals surface area (Å²) in [6.45, 7) is 1.67. The van der Waals surface area contributed by atoms with Gasteiger partial charge >= 0.3 is 0 Å². The summed E-state index contributed by atoms with van der Waals surface area (Å²) in [5.41, 5.74) is 5.53. The van der Waals surface area contributed by atoms with Crippen LogP contribution in [-0.2, 0) is 0 Å². The number of rotatable bonds is 1. The van der Waals surface area contributed by atoms with E-state index in [0.29, 0.717) is 11.6 Å². The molecule has 0 aliphatic carbocycles. The van der Waals surface area contributed by atoms with Crippen molar-refractivity contribution in [1.29, 1.82) is 0 Å². The van der Waals surface area contributed by atoms with Gasteiger partial charge in [-0.1, -0.05) is 5.16 Å². The fraction of sp³-hybridized carbons (Fsp3) is 0.200. The van der Waals surface area contributed by atoms with Crippen molar-refractivity contribution in [3.63, 3.8) is 0 Å². The van der Waals surface area contributed by atoms with E-state index in [-0.39, 0.29) is 5.84 Å². The number of nitrogens with zero attached hydrogens (tertiary/aromatic N) is 2. The largest absolute Gasteiger partial charge is 0.449 e. The van der Waals surface area contributed by atoms with Crippen molar-refractivity contribution in [2.24, 2.45) is 10.9 Å². The minimum atomic E-state index is -0.0446. The van der Waals surface area contributed by atoms with Crippen molar-refractivity contribution in [1.82, 2.24) is 4.98 Å². The number of aryl methyl sites for hydroxylation is 1. The first-order chi connectivity index (χ1) is 4.74. The lowest BCUT2D eigenvalue weighted by molar-refractivity contribution is 0.318. The number of aromatic nitrogens is 1. The molecular weight excluding hydrogens is 134 g/mol. The summed E-state index contributed by atoms with van der Waals surface area (Å²) in [5, 5.41) is 10.9. The molecule has 0 amide bonds. The van der Waals surface area contributed by atoms with E-state index >= 15 is 0 Å². The molecule has 1 rings (SSSR count). The Bertz CT molecular complexity index is 253. The zero-order valence-electron chi connectivity index (χ0n) is 5.40. The predicted octanol–water partition coefficient (Wildman–Crippen LogP) is 0.0775. The van der Waals surface area contributed by atoms with Gasteiger partial charge in [0.05, 0.1) is 0 Å². The van der Waals surface area contributed by atoms with Gasteiger partial charge in [0.2, 0.25) is 0 Å². The third-order valence-electron chi connectivity index (χ3n) is 0.989. The monoisotopic (exact) mass is 141 g/mol. The van der Waals surface area contributed by atoms with Crippen LogP contribution in [0.1, 0.15) is 11.6 Å². The average molecular weight is 141 g/mol. The Morgan fingerprint density at radius 3 is 3.00 bits per heavy atom. The molecule has 0 bridgehead atoms. The topological polar surface area (TPSA) is 84.6 Å². The molecule has 0 spiro atoms. The molecule has 0 aliphatic heterocycles. The van der Waals surface area contributed by atoms with Crippen LogP contribution in [0.15, 0.2) is 15.8 Å². The van der Waals surface area contributed by atoms with Crippen molar-refractivity contribution in [3.8, 4) is 0 Å². The van der Waals surface area contributed by atoms with Crippen LogP contribution in [0, 0.1) is 6.92 Å². The predicted molar refractivity (Wildman–Crippen MR) is 33.8 cm³/mol. The van der Waals surface area contributed by atoms with E-state index < -0.39 is 0 Å². The molecule has 0 aromatic carbocycles. The van der Waals surface area contributed by atoms with Crippen LogP contribution in [0.3, 0.4) is 0 Å². The Balaban J connectivity index is 2.95. The molecule has 0 aliphatic rings. The third-order valence-corrected chi connectivity index (χ3v) is 0.989. The Morgan fingerprint density at radius 1 is 1.90 bits per heavy atom.